The first-order valence-electron chi connectivity index (χ1n) is 7.41. The van der Waals surface area contributed by atoms with E-state index >= 15 is 0 Å². The van der Waals surface area contributed by atoms with Gasteiger partial charge in [0.25, 0.3) is 0 Å². The fourth-order valence-electron chi connectivity index (χ4n) is 3.46. The highest BCUT2D eigenvalue weighted by atomic mass is 16.5. The van der Waals surface area contributed by atoms with Crippen LogP contribution in [-0.4, -0.2) is 47.7 Å². The quantitative estimate of drug-likeness (QED) is 0.788. The van der Waals surface area contributed by atoms with Crippen molar-refractivity contribution >= 4 is 5.91 Å². The van der Waals surface area contributed by atoms with Crippen LogP contribution in [0.3, 0.4) is 0 Å². The molecule has 4 heteroatoms. The second-order valence-corrected chi connectivity index (χ2v) is 7.45. The molecular formula is C15H28N2O2. The first-order chi connectivity index (χ1) is 8.69. The third-order valence-electron chi connectivity index (χ3n) is 3.97. The maximum Gasteiger partial charge on any atom is 0.239 e. The molecule has 0 saturated carbocycles. The van der Waals surface area contributed by atoms with E-state index in [4.69, 9.17) is 4.74 Å². The molecule has 0 aliphatic carbocycles. The summed E-state index contributed by atoms with van der Waals surface area (Å²) in [6, 6.07) is -0.00606. The Kier molecular flexibility index (Phi) is 3.94. The van der Waals surface area contributed by atoms with Crippen LogP contribution >= 0.6 is 0 Å². The van der Waals surface area contributed by atoms with Gasteiger partial charge >= 0.3 is 0 Å². The topological polar surface area (TPSA) is 41.6 Å². The number of carbonyl (C=O) groups excluding carboxylic acids is 1. The van der Waals surface area contributed by atoms with E-state index in [9.17, 15) is 4.79 Å². The molecule has 1 N–H and O–H groups in total. The van der Waals surface area contributed by atoms with Gasteiger partial charge in [0.1, 0.15) is 0 Å². The molecule has 0 bridgehead atoms. The van der Waals surface area contributed by atoms with Crippen molar-refractivity contribution < 1.29 is 9.53 Å². The number of rotatable bonds is 1. The molecule has 19 heavy (non-hydrogen) atoms. The molecule has 1 amide bonds. The molecule has 2 saturated heterocycles. The fraction of sp³-hybridized carbons (Fsp3) is 0.933. The van der Waals surface area contributed by atoms with Crippen molar-refractivity contribution in [1.29, 1.82) is 0 Å². The monoisotopic (exact) mass is 268 g/mol. The molecule has 2 unspecified atom stereocenters. The number of carbonyl (C=O) groups is 1. The predicted molar refractivity (Wildman–Crippen MR) is 76.0 cm³/mol. The number of piperidine rings is 1. The molecule has 0 aromatic heterocycles. The highest BCUT2D eigenvalue weighted by Crippen LogP contribution is 2.29. The van der Waals surface area contributed by atoms with Gasteiger partial charge in [0, 0.05) is 13.1 Å². The minimum absolute atomic E-state index is 0.00606. The maximum atomic E-state index is 12.7. The number of morpholine rings is 1. The SMILES string of the molecule is CC1CCNC(C(=O)N2CC(C)(C)OC(C)(C)C2)C1. The van der Waals surface area contributed by atoms with Gasteiger partial charge in [0.05, 0.1) is 17.2 Å². The van der Waals surface area contributed by atoms with E-state index in [1.165, 1.54) is 6.42 Å². The lowest BCUT2D eigenvalue weighted by Crippen LogP contribution is -2.62. The standard InChI is InChI=1S/C15H28N2O2/c1-11-6-7-16-12(8-11)13(18)17-9-14(2,3)19-15(4,5)10-17/h11-12,16H,6-10H2,1-5H3. The van der Waals surface area contributed by atoms with Crippen molar-refractivity contribution in [3.05, 3.63) is 0 Å². The Balaban J connectivity index is 2.05. The third-order valence-corrected chi connectivity index (χ3v) is 3.97. The van der Waals surface area contributed by atoms with Crippen LogP contribution in [-0.2, 0) is 9.53 Å². The van der Waals surface area contributed by atoms with Gasteiger partial charge in [-0.1, -0.05) is 6.92 Å². The van der Waals surface area contributed by atoms with Crippen molar-refractivity contribution in [2.24, 2.45) is 5.92 Å². The molecule has 110 valence electrons. The van der Waals surface area contributed by atoms with Gasteiger partial charge in [-0.2, -0.15) is 0 Å². The van der Waals surface area contributed by atoms with Gasteiger partial charge in [0.2, 0.25) is 5.91 Å². The van der Waals surface area contributed by atoms with Crippen molar-refractivity contribution in [2.75, 3.05) is 19.6 Å². The normalized spacial score (nSPS) is 34.1. The summed E-state index contributed by atoms with van der Waals surface area (Å²) >= 11 is 0. The van der Waals surface area contributed by atoms with Crippen LogP contribution in [0.4, 0.5) is 0 Å². The van der Waals surface area contributed by atoms with Gasteiger partial charge in [-0.25, -0.2) is 0 Å². The number of ether oxygens (including phenoxy) is 1. The smallest absolute Gasteiger partial charge is 0.239 e. The van der Waals surface area contributed by atoms with E-state index in [-0.39, 0.29) is 23.2 Å². The van der Waals surface area contributed by atoms with Gasteiger partial charge in [-0.15, -0.1) is 0 Å². The van der Waals surface area contributed by atoms with E-state index in [0.717, 1.165) is 13.0 Å². The van der Waals surface area contributed by atoms with Crippen molar-refractivity contribution in [2.45, 2.75) is 64.7 Å². The Bertz CT molecular complexity index is 336. The van der Waals surface area contributed by atoms with Crippen LogP contribution in [0.25, 0.3) is 0 Å². The molecule has 0 aromatic carbocycles. The van der Waals surface area contributed by atoms with E-state index in [1.54, 1.807) is 0 Å². The van der Waals surface area contributed by atoms with E-state index in [1.807, 2.05) is 4.90 Å². The number of amides is 1. The van der Waals surface area contributed by atoms with Crippen LogP contribution < -0.4 is 5.32 Å². The predicted octanol–water partition coefficient (Wildman–Crippen LogP) is 1.79. The summed E-state index contributed by atoms with van der Waals surface area (Å²) in [6.45, 7) is 12.8. The minimum Gasteiger partial charge on any atom is -0.366 e. The Labute approximate surface area is 116 Å². The van der Waals surface area contributed by atoms with Gasteiger partial charge < -0.3 is 15.0 Å². The first kappa shape index (κ1) is 14.8. The van der Waals surface area contributed by atoms with E-state index < -0.39 is 0 Å². The number of nitrogens with one attached hydrogen (secondary N) is 1. The molecule has 2 fully saturated rings. The van der Waals surface area contributed by atoms with Crippen LogP contribution in [0.2, 0.25) is 0 Å². The molecule has 2 heterocycles. The van der Waals surface area contributed by atoms with Crippen LogP contribution in [0.1, 0.15) is 47.5 Å². The average Bonchev–Trinajstić information content (AvgIpc) is 2.23. The lowest BCUT2D eigenvalue weighted by atomic mass is 9.92. The van der Waals surface area contributed by atoms with E-state index in [0.29, 0.717) is 19.0 Å². The number of hydrogen-bond acceptors (Lipinski definition) is 3. The summed E-state index contributed by atoms with van der Waals surface area (Å²) in [4.78, 5) is 14.7. The van der Waals surface area contributed by atoms with Crippen LogP contribution in [0.15, 0.2) is 0 Å². The zero-order valence-electron chi connectivity index (χ0n) is 13.0. The number of hydrogen-bond donors (Lipinski definition) is 1. The molecule has 0 aromatic rings. The lowest BCUT2D eigenvalue weighted by molar-refractivity contribution is -0.189. The molecule has 2 atom stereocenters. The molecular weight excluding hydrogens is 240 g/mol. The fourth-order valence-corrected chi connectivity index (χ4v) is 3.46. The summed E-state index contributed by atoms with van der Waals surface area (Å²) in [5.41, 5.74) is -0.532. The molecule has 0 radical (unpaired) electrons. The van der Waals surface area contributed by atoms with Crippen molar-refractivity contribution in [3.8, 4) is 0 Å². The second-order valence-electron chi connectivity index (χ2n) is 7.45. The Hall–Kier alpha value is -0.610. The summed E-state index contributed by atoms with van der Waals surface area (Å²) in [7, 11) is 0. The van der Waals surface area contributed by atoms with Gasteiger partial charge in [0.15, 0.2) is 0 Å². The Morgan fingerprint density at radius 2 is 1.79 bits per heavy atom. The number of nitrogens with zero attached hydrogens (tertiary/aromatic N) is 1. The summed E-state index contributed by atoms with van der Waals surface area (Å²) in [6.07, 6.45) is 2.13. The maximum absolute atomic E-state index is 12.7. The lowest BCUT2D eigenvalue weighted by Gasteiger charge is -2.48. The van der Waals surface area contributed by atoms with E-state index in [2.05, 4.69) is 39.9 Å². The minimum atomic E-state index is -0.266. The molecule has 2 aliphatic heterocycles. The highest BCUT2D eigenvalue weighted by molar-refractivity contribution is 5.82. The molecule has 0 spiro atoms. The average molecular weight is 268 g/mol. The first-order valence-corrected chi connectivity index (χ1v) is 7.41. The molecule has 2 aliphatic rings. The van der Waals surface area contributed by atoms with Crippen molar-refractivity contribution in [1.82, 2.24) is 10.2 Å². The summed E-state index contributed by atoms with van der Waals surface area (Å²) in [5, 5.41) is 3.37. The summed E-state index contributed by atoms with van der Waals surface area (Å²) in [5.74, 6) is 0.883. The zero-order chi connectivity index (χ0) is 14.3. The third kappa shape index (κ3) is 3.69. The molecule has 2 rings (SSSR count). The highest BCUT2D eigenvalue weighted by Gasteiger charge is 2.41. The Morgan fingerprint density at radius 3 is 2.32 bits per heavy atom. The largest absolute Gasteiger partial charge is 0.366 e. The molecule has 4 nitrogen and oxygen atoms in total. The van der Waals surface area contributed by atoms with Crippen molar-refractivity contribution in [3.63, 3.8) is 0 Å². The van der Waals surface area contributed by atoms with Crippen LogP contribution in [0, 0.1) is 5.92 Å². The van der Waals surface area contributed by atoms with Gasteiger partial charge in [-0.3, -0.25) is 4.79 Å². The van der Waals surface area contributed by atoms with Gasteiger partial charge in [-0.05, 0) is 53.0 Å². The zero-order valence-corrected chi connectivity index (χ0v) is 13.0. The Morgan fingerprint density at radius 1 is 1.21 bits per heavy atom. The van der Waals surface area contributed by atoms with Crippen LogP contribution in [0.5, 0.6) is 0 Å². The summed E-state index contributed by atoms with van der Waals surface area (Å²) < 4.78 is 6.04. The second kappa shape index (κ2) is 5.06.